The number of thiophene rings is 1. The molecule has 0 saturated carbocycles. The van der Waals surface area contributed by atoms with E-state index in [2.05, 4.69) is 26.2 Å². The molecular formula is C21H26N2O4S. The van der Waals surface area contributed by atoms with Crippen LogP contribution >= 0.6 is 11.3 Å². The van der Waals surface area contributed by atoms with Crippen LogP contribution in [0, 0.1) is 23.2 Å². The molecule has 0 aromatic carbocycles. The predicted molar refractivity (Wildman–Crippen MR) is 103 cm³/mol. The van der Waals surface area contributed by atoms with Crippen molar-refractivity contribution < 1.29 is 19.1 Å². The van der Waals surface area contributed by atoms with Crippen LogP contribution in [0.25, 0.3) is 0 Å². The van der Waals surface area contributed by atoms with Gasteiger partial charge in [0.1, 0.15) is 0 Å². The Balaban J connectivity index is 1.33. The molecule has 6 nitrogen and oxygen atoms in total. The Morgan fingerprint density at radius 2 is 1.79 bits per heavy atom. The molecule has 0 spiro atoms. The van der Waals surface area contributed by atoms with Crippen LogP contribution < -0.4 is 5.43 Å². The standard InChI is InChI=1S/C21H26N2O4S/c1-21(2,3)10-4-5-11-12(9-28-15(11)8-10)18(24)22-23-19(25)16-13-6-7-14(27-13)17(16)20(23)26/h9-10,13-14,16-17H,4-8H2,1-3H3,(H,22,24)/t10-,13-,14+,16-,17-/m0/s1. The van der Waals surface area contributed by atoms with Crippen LogP contribution in [0.15, 0.2) is 5.38 Å². The van der Waals surface area contributed by atoms with Gasteiger partial charge >= 0.3 is 0 Å². The van der Waals surface area contributed by atoms with Gasteiger partial charge in [-0.2, -0.15) is 5.01 Å². The minimum absolute atomic E-state index is 0.170. The van der Waals surface area contributed by atoms with Gasteiger partial charge in [-0.1, -0.05) is 20.8 Å². The molecule has 3 saturated heterocycles. The van der Waals surface area contributed by atoms with Crippen molar-refractivity contribution in [2.45, 2.75) is 65.1 Å². The van der Waals surface area contributed by atoms with Crippen molar-refractivity contribution in [3.63, 3.8) is 0 Å². The van der Waals surface area contributed by atoms with Crippen molar-refractivity contribution >= 4 is 29.1 Å². The number of nitrogens with zero attached hydrogens (tertiary/aromatic N) is 1. The predicted octanol–water partition coefficient (Wildman–Crippen LogP) is 2.71. The smallest absolute Gasteiger partial charge is 0.271 e. The van der Waals surface area contributed by atoms with Gasteiger partial charge in [0.2, 0.25) is 0 Å². The molecule has 150 valence electrons. The van der Waals surface area contributed by atoms with Gasteiger partial charge in [-0.25, -0.2) is 0 Å². The molecule has 7 heteroatoms. The van der Waals surface area contributed by atoms with Gasteiger partial charge in [0.15, 0.2) is 0 Å². The largest absolute Gasteiger partial charge is 0.373 e. The fourth-order valence-corrected chi connectivity index (χ4v) is 6.59. The minimum atomic E-state index is -0.421. The van der Waals surface area contributed by atoms with Crippen LogP contribution in [-0.2, 0) is 27.2 Å². The molecule has 0 radical (unpaired) electrons. The number of carbonyl (C=O) groups excluding carboxylic acids is 3. The fraction of sp³-hybridized carbons (Fsp3) is 0.667. The van der Waals surface area contributed by atoms with Crippen LogP contribution in [0.4, 0.5) is 0 Å². The van der Waals surface area contributed by atoms with E-state index in [1.165, 1.54) is 4.88 Å². The molecule has 2 bridgehead atoms. The molecule has 5 rings (SSSR count). The SMILES string of the molecule is CC(C)(C)[C@H]1CCc2c(C(=O)NN3C(=O)[C@@H]4[C@@H](C3=O)[C@H]3CC[C@@H]4O3)csc2C1. The van der Waals surface area contributed by atoms with Gasteiger partial charge < -0.3 is 4.74 Å². The lowest BCUT2D eigenvalue weighted by Crippen LogP contribution is -2.48. The first-order valence-corrected chi connectivity index (χ1v) is 11.1. The Morgan fingerprint density at radius 3 is 2.39 bits per heavy atom. The molecule has 5 atom stereocenters. The van der Waals surface area contributed by atoms with Crippen molar-refractivity contribution in [2.75, 3.05) is 0 Å². The summed E-state index contributed by atoms with van der Waals surface area (Å²) in [5, 5.41) is 2.85. The lowest BCUT2D eigenvalue weighted by molar-refractivity contribution is -0.145. The Hall–Kier alpha value is -1.73. The van der Waals surface area contributed by atoms with Gasteiger partial charge in [-0.05, 0) is 49.0 Å². The summed E-state index contributed by atoms with van der Waals surface area (Å²) in [5.74, 6) is -1.21. The molecule has 4 aliphatic rings. The highest BCUT2D eigenvalue weighted by atomic mass is 32.1. The monoisotopic (exact) mass is 402 g/mol. The molecule has 1 aliphatic carbocycles. The first-order chi connectivity index (χ1) is 13.3. The molecular weight excluding hydrogens is 376 g/mol. The van der Waals surface area contributed by atoms with E-state index in [0.29, 0.717) is 11.5 Å². The van der Waals surface area contributed by atoms with Crippen LogP contribution in [0.2, 0.25) is 0 Å². The van der Waals surface area contributed by atoms with Crippen LogP contribution in [-0.4, -0.2) is 34.9 Å². The van der Waals surface area contributed by atoms with Crippen molar-refractivity contribution in [3.8, 4) is 0 Å². The van der Waals surface area contributed by atoms with Crippen LogP contribution in [0.3, 0.4) is 0 Å². The number of imide groups is 1. The van der Waals surface area contributed by atoms with Crippen LogP contribution in [0.1, 0.15) is 60.8 Å². The molecule has 3 amide bonds. The summed E-state index contributed by atoms with van der Waals surface area (Å²) in [7, 11) is 0. The normalized spacial score (nSPS) is 34.0. The van der Waals surface area contributed by atoms with Gasteiger partial charge in [-0.3, -0.25) is 19.8 Å². The number of rotatable bonds is 2. The van der Waals surface area contributed by atoms with Crippen molar-refractivity contribution in [1.29, 1.82) is 0 Å². The Labute approximate surface area is 168 Å². The van der Waals surface area contributed by atoms with Crippen LogP contribution in [0.5, 0.6) is 0 Å². The topological polar surface area (TPSA) is 75.7 Å². The third-order valence-electron chi connectivity index (χ3n) is 7.12. The number of carbonyl (C=O) groups is 3. The van der Waals surface area contributed by atoms with E-state index in [9.17, 15) is 14.4 Å². The number of hydrogen-bond acceptors (Lipinski definition) is 5. The van der Waals surface area contributed by atoms with E-state index in [0.717, 1.165) is 42.7 Å². The van der Waals surface area contributed by atoms with Crippen molar-refractivity contribution in [2.24, 2.45) is 23.2 Å². The lowest BCUT2D eigenvalue weighted by Gasteiger charge is -2.34. The maximum Gasteiger partial charge on any atom is 0.271 e. The highest BCUT2D eigenvalue weighted by Gasteiger charge is 2.63. The Morgan fingerprint density at radius 1 is 1.14 bits per heavy atom. The Kier molecular flexibility index (Phi) is 4.01. The summed E-state index contributed by atoms with van der Waals surface area (Å²) in [6.07, 6.45) is 4.21. The number of fused-ring (bicyclic) bond motifs is 6. The molecule has 3 fully saturated rings. The van der Waals surface area contributed by atoms with E-state index in [1.54, 1.807) is 11.3 Å². The van der Waals surface area contributed by atoms with Gasteiger partial charge in [0.25, 0.3) is 17.7 Å². The molecule has 1 N–H and O–H groups in total. The minimum Gasteiger partial charge on any atom is -0.373 e. The number of nitrogens with one attached hydrogen (secondary N) is 1. The Bertz CT molecular complexity index is 842. The van der Waals surface area contributed by atoms with E-state index >= 15 is 0 Å². The average Bonchev–Trinajstić information content (AvgIpc) is 3.39. The zero-order chi connectivity index (χ0) is 19.8. The zero-order valence-corrected chi connectivity index (χ0v) is 17.3. The second-order valence-electron chi connectivity index (χ2n) is 9.65. The summed E-state index contributed by atoms with van der Waals surface area (Å²) in [6.45, 7) is 6.80. The molecule has 1 aromatic rings. The van der Waals surface area contributed by atoms with E-state index in [4.69, 9.17) is 4.74 Å². The fourth-order valence-electron chi connectivity index (χ4n) is 5.43. The van der Waals surface area contributed by atoms with E-state index in [-0.39, 0.29) is 35.3 Å². The molecule has 3 aliphatic heterocycles. The third-order valence-corrected chi connectivity index (χ3v) is 8.17. The molecule has 0 unspecified atom stereocenters. The maximum atomic E-state index is 12.9. The summed E-state index contributed by atoms with van der Waals surface area (Å²) >= 11 is 1.62. The van der Waals surface area contributed by atoms with Crippen molar-refractivity contribution in [3.05, 3.63) is 21.4 Å². The first-order valence-electron chi connectivity index (χ1n) is 10.2. The highest BCUT2D eigenvalue weighted by molar-refractivity contribution is 7.10. The van der Waals surface area contributed by atoms with E-state index < -0.39 is 11.8 Å². The maximum absolute atomic E-state index is 12.9. The first kappa shape index (κ1) is 18.3. The second kappa shape index (κ2) is 6.13. The summed E-state index contributed by atoms with van der Waals surface area (Å²) in [4.78, 5) is 39.7. The molecule has 1 aromatic heterocycles. The van der Waals surface area contributed by atoms with Gasteiger partial charge in [0.05, 0.1) is 29.6 Å². The van der Waals surface area contributed by atoms with E-state index in [1.807, 2.05) is 5.38 Å². The number of hydrogen-bond donors (Lipinski definition) is 1. The molecule has 4 heterocycles. The summed E-state index contributed by atoms with van der Waals surface area (Å²) in [5.41, 5.74) is 4.57. The highest BCUT2D eigenvalue weighted by Crippen LogP contribution is 2.48. The average molecular weight is 403 g/mol. The number of hydrazine groups is 1. The summed E-state index contributed by atoms with van der Waals surface area (Å²) < 4.78 is 5.74. The second-order valence-corrected chi connectivity index (χ2v) is 10.6. The quantitative estimate of drug-likeness (QED) is 0.772. The molecule has 28 heavy (non-hydrogen) atoms. The number of amides is 3. The van der Waals surface area contributed by atoms with Gasteiger partial charge in [0, 0.05) is 10.3 Å². The zero-order valence-electron chi connectivity index (χ0n) is 16.5. The summed E-state index contributed by atoms with van der Waals surface area (Å²) in [6, 6.07) is 0. The van der Waals surface area contributed by atoms with Gasteiger partial charge in [-0.15, -0.1) is 11.3 Å². The third kappa shape index (κ3) is 2.59. The number of ether oxygens (including phenoxy) is 1. The lowest BCUT2D eigenvalue weighted by atomic mass is 9.72. The van der Waals surface area contributed by atoms with Crippen molar-refractivity contribution in [1.82, 2.24) is 10.4 Å².